The van der Waals surface area contributed by atoms with Crippen molar-refractivity contribution in [3.63, 3.8) is 0 Å². The number of nitriles is 1. The van der Waals surface area contributed by atoms with Crippen LogP contribution < -0.4 is 10.1 Å². The summed E-state index contributed by atoms with van der Waals surface area (Å²) in [5.74, 6) is 1.16. The van der Waals surface area contributed by atoms with Crippen LogP contribution in [0.2, 0.25) is 0 Å². The molecule has 0 unspecified atom stereocenters. The van der Waals surface area contributed by atoms with E-state index >= 15 is 0 Å². The maximum Gasteiger partial charge on any atom is 0.243 e. The van der Waals surface area contributed by atoms with E-state index in [4.69, 9.17) is 9.15 Å². The quantitative estimate of drug-likeness (QED) is 0.585. The SMILES string of the molecule is COc1ccc(Nc2oc(-c3ccc(S(=O)(=O)N4CCCCCC4)cc3)nc2C#N)cc1. The highest BCUT2D eigenvalue weighted by Gasteiger charge is 2.25. The second kappa shape index (κ2) is 9.42. The van der Waals surface area contributed by atoms with Gasteiger partial charge < -0.3 is 14.5 Å². The molecule has 1 aromatic heterocycles. The molecule has 0 aliphatic carbocycles. The second-order valence-corrected chi connectivity index (χ2v) is 9.44. The summed E-state index contributed by atoms with van der Waals surface area (Å²) >= 11 is 0. The van der Waals surface area contributed by atoms with Crippen LogP contribution in [0.15, 0.2) is 57.8 Å². The highest BCUT2D eigenvalue weighted by molar-refractivity contribution is 7.89. The van der Waals surface area contributed by atoms with E-state index in [1.165, 1.54) is 0 Å². The first-order chi connectivity index (χ1) is 15.5. The van der Waals surface area contributed by atoms with Gasteiger partial charge in [-0.25, -0.2) is 8.42 Å². The molecule has 1 aliphatic heterocycles. The van der Waals surface area contributed by atoms with Crippen LogP contribution in [0.3, 0.4) is 0 Å². The number of hydrogen-bond acceptors (Lipinski definition) is 7. The van der Waals surface area contributed by atoms with Crippen molar-refractivity contribution in [2.75, 3.05) is 25.5 Å². The van der Waals surface area contributed by atoms with Gasteiger partial charge in [-0.2, -0.15) is 14.6 Å². The standard InChI is InChI=1S/C23H24N4O4S/c1-30-19-10-8-18(9-11-19)25-23-21(16-24)26-22(31-23)17-6-12-20(13-7-17)32(28,29)27-14-4-2-3-5-15-27/h6-13,25H,2-5,14-15H2,1H3. The first kappa shape index (κ1) is 21.9. The third-order valence-corrected chi connectivity index (χ3v) is 7.30. The highest BCUT2D eigenvalue weighted by Crippen LogP contribution is 2.30. The molecule has 32 heavy (non-hydrogen) atoms. The van der Waals surface area contributed by atoms with Crippen molar-refractivity contribution in [1.29, 1.82) is 5.26 Å². The first-order valence-corrected chi connectivity index (χ1v) is 11.9. The number of nitrogens with one attached hydrogen (secondary N) is 1. The largest absolute Gasteiger partial charge is 0.497 e. The van der Waals surface area contributed by atoms with Gasteiger partial charge in [0.25, 0.3) is 0 Å². The van der Waals surface area contributed by atoms with Gasteiger partial charge in [0.1, 0.15) is 11.8 Å². The fraction of sp³-hybridized carbons (Fsp3) is 0.304. The lowest BCUT2D eigenvalue weighted by atomic mass is 10.2. The van der Waals surface area contributed by atoms with Gasteiger partial charge in [0.05, 0.1) is 12.0 Å². The number of oxazole rings is 1. The van der Waals surface area contributed by atoms with E-state index < -0.39 is 10.0 Å². The van der Waals surface area contributed by atoms with Crippen LogP contribution in [0.25, 0.3) is 11.5 Å². The Labute approximate surface area is 187 Å². The van der Waals surface area contributed by atoms with Crippen LogP contribution in [0, 0.1) is 11.3 Å². The number of anilines is 2. The molecule has 2 aromatic carbocycles. The summed E-state index contributed by atoms with van der Waals surface area (Å²) in [6, 6.07) is 15.6. The number of hydrogen-bond donors (Lipinski definition) is 1. The van der Waals surface area contributed by atoms with E-state index in [2.05, 4.69) is 10.3 Å². The summed E-state index contributed by atoms with van der Waals surface area (Å²) in [4.78, 5) is 4.49. The Morgan fingerprint density at radius 3 is 2.28 bits per heavy atom. The number of aromatic nitrogens is 1. The Morgan fingerprint density at radius 2 is 1.69 bits per heavy atom. The summed E-state index contributed by atoms with van der Waals surface area (Å²) in [5, 5.41) is 12.5. The zero-order chi connectivity index (χ0) is 22.6. The van der Waals surface area contributed by atoms with E-state index in [9.17, 15) is 13.7 Å². The van der Waals surface area contributed by atoms with Gasteiger partial charge in [0.15, 0.2) is 0 Å². The summed E-state index contributed by atoms with van der Waals surface area (Å²) in [6.07, 6.45) is 3.88. The molecule has 0 radical (unpaired) electrons. The smallest absolute Gasteiger partial charge is 0.243 e. The summed E-state index contributed by atoms with van der Waals surface area (Å²) in [5.41, 5.74) is 1.40. The molecule has 4 rings (SSSR count). The molecule has 1 fully saturated rings. The molecule has 3 aromatic rings. The minimum absolute atomic E-state index is 0.108. The predicted octanol–water partition coefficient (Wildman–Crippen LogP) is 4.53. The third kappa shape index (κ3) is 4.61. The second-order valence-electron chi connectivity index (χ2n) is 7.50. The Hall–Kier alpha value is -3.35. The molecule has 0 atom stereocenters. The Balaban J connectivity index is 1.55. The summed E-state index contributed by atoms with van der Waals surface area (Å²) in [6.45, 7) is 1.10. The van der Waals surface area contributed by atoms with E-state index in [0.29, 0.717) is 30.1 Å². The maximum absolute atomic E-state index is 13.0. The molecular formula is C23H24N4O4S. The topological polar surface area (TPSA) is 108 Å². The van der Waals surface area contributed by atoms with Crippen molar-refractivity contribution in [3.05, 3.63) is 54.2 Å². The van der Waals surface area contributed by atoms with E-state index in [-0.39, 0.29) is 22.4 Å². The van der Waals surface area contributed by atoms with Crippen LogP contribution in [0.1, 0.15) is 31.4 Å². The van der Waals surface area contributed by atoms with Crippen LogP contribution >= 0.6 is 0 Å². The minimum Gasteiger partial charge on any atom is -0.497 e. The molecule has 0 bridgehead atoms. The average Bonchev–Trinajstić information content (AvgIpc) is 3.02. The van der Waals surface area contributed by atoms with Crippen LogP contribution in [-0.2, 0) is 10.0 Å². The molecule has 1 aliphatic rings. The van der Waals surface area contributed by atoms with Crippen molar-refractivity contribution >= 4 is 21.6 Å². The van der Waals surface area contributed by atoms with Crippen molar-refractivity contribution in [2.45, 2.75) is 30.6 Å². The number of rotatable bonds is 6. The molecule has 166 valence electrons. The fourth-order valence-corrected chi connectivity index (χ4v) is 5.13. The fourth-order valence-electron chi connectivity index (χ4n) is 3.61. The number of methoxy groups -OCH3 is 1. The van der Waals surface area contributed by atoms with Crippen LogP contribution in [0.5, 0.6) is 5.75 Å². The van der Waals surface area contributed by atoms with Gasteiger partial charge in [-0.3, -0.25) is 0 Å². The van der Waals surface area contributed by atoms with Gasteiger partial charge >= 0.3 is 0 Å². The average molecular weight is 453 g/mol. The molecule has 0 spiro atoms. The lowest BCUT2D eigenvalue weighted by molar-refractivity contribution is 0.415. The Kier molecular flexibility index (Phi) is 6.44. The number of benzene rings is 2. The van der Waals surface area contributed by atoms with Crippen molar-refractivity contribution in [3.8, 4) is 23.3 Å². The monoisotopic (exact) mass is 452 g/mol. The van der Waals surface area contributed by atoms with Gasteiger partial charge in [-0.05, 0) is 61.4 Å². The molecule has 0 saturated carbocycles. The van der Waals surface area contributed by atoms with Crippen molar-refractivity contribution < 1.29 is 17.6 Å². The van der Waals surface area contributed by atoms with Crippen LogP contribution in [-0.4, -0.2) is 37.9 Å². The van der Waals surface area contributed by atoms with Gasteiger partial charge in [0, 0.05) is 24.3 Å². The van der Waals surface area contributed by atoms with Crippen molar-refractivity contribution in [1.82, 2.24) is 9.29 Å². The molecular weight excluding hydrogens is 428 g/mol. The summed E-state index contributed by atoms with van der Waals surface area (Å²) < 4.78 is 38.4. The van der Waals surface area contributed by atoms with E-state index in [0.717, 1.165) is 25.7 Å². The van der Waals surface area contributed by atoms with Gasteiger partial charge in [-0.1, -0.05) is 12.8 Å². The lowest BCUT2D eigenvalue weighted by Crippen LogP contribution is -2.31. The minimum atomic E-state index is -3.53. The first-order valence-electron chi connectivity index (χ1n) is 10.4. The molecule has 1 saturated heterocycles. The molecule has 2 heterocycles. The zero-order valence-corrected chi connectivity index (χ0v) is 18.6. The molecule has 9 heteroatoms. The number of ether oxygens (including phenoxy) is 1. The number of nitrogens with zero attached hydrogens (tertiary/aromatic N) is 3. The molecule has 8 nitrogen and oxygen atoms in total. The zero-order valence-electron chi connectivity index (χ0n) is 17.7. The van der Waals surface area contributed by atoms with E-state index in [1.807, 2.05) is 6.07 Å². The van der Waals surface area contributed by atoms with Gasteiger partial charge in [0.2, 0.25) is 27.5 Å². The van der Waals surface area contributed by atoms with Gasteiger partial charge in [-0.15, -0.1) is 0 Å². The van der Waals surface area contributed by atoms with Crippen LogP contribution in [0.4, 0.5) is 11.6 Å². The number of sulfonamides is 1. The lowest BCUT2D eigenvalue weighted by Gasteiger charge is -2.19. The Bertz CT molecular complexity index is 1200. The Morgan fingerprint density at radius 1 is 1.03 bits per heavy atom. The highest BCUT2D eigenvalue weighted by atomic mass is 32.2. The maximum atomic E-state index is 13.0. The van der Waals surface area contributed by atoms with E-state index in [1.54, 1.807) is 59.9 Å². The predicted molar refractivity (Wildman–Crippen MR) is 120 cm³/mol. The molecule has 0 amide bonds. The summed E-state index contributed by atoms with van der Waals surface area (Å²) in [7, 11) is -1.94. The molecule has 1 N–H and O–H groups in total. The third-order valence-electron chi connectivity index (χ3n) is 5.39. The van der Waals surface area contributed by atoms with Crippen molar-refractivity contribution in [2.24, 2.45) is 0 Å². The normalized spacial score (nSPS) is 15.0.